The number of anilines is 1. The lowest BCUT2D eigenvalue weighted by Crippen LogP contribution is -2.25. The number of nitrogen functional groups attached to an aromatic ring is 1. The first-order chi connectivity index (χ1) is 9.56. The van der Waals surface area contributed by atoms with Gasteiger partial charge in [-0.05, 0) is 44.5 Å². The highest BCUT2D eigenvalue weighted by molar-refractivity contribution is 5.94. The summed E-state index contributed by atoms with van der Waals surface area (Å²) in [6.45, 7) is 5.43. The molecule has 114 valence electrons. The van der Waals surface area contributed by atoms with Crippen LogP contribution in [0, 0.1) is 13.8 Å². The number of hydrogen-bond donors (Lipinski definition) is 2. The van der Waals surface area contributed by atoms with Crippen LogP contribution in [0.3, 0.4) is 0 Å². The minimum Gasteiger partial charge on any atom is -0.399 e. The van der Waals surface area contributed by atoms with Crippen LogP contribution in [0.15, 0.2) is 30.3 Å². The number of carbonyl (C=O) groups excluding carboxylic acids is 1. The molecule has 0 saturated heterocycles. The van der Waals surface area contributed by atoms with E-state index < -0.39 is 0 Å². The van der Waals surface area contributed by atoms with Crippen LogP contribution in [0.1, 0.15) is 28.2 Å². The molecule has 21 heavy (non-hydrogen) atoms. The fraction of sp³-hybridized carbons (Fsp3) is 0.333. The molecule has 0 saturated carbocycles. The lowest BCUT2D eigenvalue weighted by Gasteiger charge is -2.07. The predicted molar refractivity (Wildman–Crippen MR) is 86.8 cm³/mol. The molecule has 0 aliphatic heterocycles. The van der Waals surface area contributed by atoms with E-state index in [4.69, 9.17) is 5.73 Å². The zero-order chi connectivity index (χ0) is 14.5. The van der Waals surface area contributed by atoms with Crippen molar-refractivity contribution in [2.75, 3.05) is 12.3 Å². The molecule has 6 heteroatoms. The molecule has 1 aromatic carbocycles. The molecule has 0 aliphatic rings. The molecule has 0 atom stereocenters. The third-order valence-corrected chi connectivity index (χ3v) is 3.08. The maximum absolute atomic E-state index is 11.9. The molecule has 1 aromatic heterocycles. The number of nitrogens with two attached hydrogens (primary N) is 1. The second-order valence-electron chi connectivity index (χ2n) is 4.89. The van der Waals surface area contributed by atoms with Crippen molar-refractivity contribution in [3.63, 3.8) is 0 Å². The predicted octanol–water partition coefficient (Wildman–Crippen LogP) is 2.32. The standard InChI is InChI=1S/C15H20N4O.ClH/c1-11-9-12(2)19(18-11)8-4-7-17-15(20)13-5-3-6-14(16)10-13;/h3,5-6,9-10H,4,7-8,16H2,1-2H3,(H,17,20);1H. The minimum absolute atomic E-state index is 0. The van der Waals surface area contributed by atoms with E-state index >= 15 is 0 Å². The van der Waals surface area contributed by atoms with E-state index in [1.807, 2.05) is 24.6 Å². The number of nitrogens with one attached hydrogen (secondary N) is 1. The number of halogens is 1. The van der Waals surface area contributed by atoms with E-state index in [-0.39, 0.29) is 18.3 Å². The molecule has 0 unspecified atom stereocenters. The summed E-state index contributed by atoms with van der Waals surface area (Å²) in [6.07, 6.45) is 0.843. The summed E-state index contributed by atoms with van der Waals surface area (Å²) in [5.41, 5.74) is 9.01. The van der Waals surface area contributed by atoms with Gasteiger partial charge in [-0.3, -0.25) is 9.48 Å². The molecule has 3 N–H and O–H groups in total. The Balaban J connectivity index is 0.00000220. The third-order valence-electron chi connectivity index (χ3n) is 3.08. The van der Waals surface area contributed by atoms with Crippen molar-refractivity contribution >= 4 is 24.0 Å². The van der Waals surface area contributed by atoms with Gasteiger partial charge in [0.2, 0.25) is 0 Å². The Labute approximate surface area is 130 Å². The molecule has 0 spiro atoms. The summed E-state index contributed by atoms with van der Waals surface area (Å²) in [5, 5.41) is 7.27. The van der Waals surface area contributed by atoms with Gasteiger partial charge in [0.25, 0.3) is 5.91 Å². The SMILES string of the molecule is Cc1cc(C)n(CCCNC(=O)c2cccc(N)c2)n1.Cl. The molecule has 0 bridgehead atoms. The van der Waals surface area contributed by atoms with Crippen LogP contribution < -0.4 is 11.1 Å². The van der Waals surface area contributed by atoms with Crippen molar-refractivity contribution in [2.45, 2.75) is 26.8 Å². The molecule has 2 rings (SSSR count). The monoisotopic (exact) mass is 308 g/mol. The molecule has 2 aromatic rings. The molecule has 0 fully saturated rings. The highest BCUT2D eigenvalue weighted by Crippen LogP contribution is 2.06. The van der Waals surface area contributed by atoms with E-state index in [1.165, 1.54) is 0 Å². The molecular weight excluding hydrogens is 288 g/mol. The fourth-order valence-electron chi connectivity index (χ4n) is 2.11. The van der Waals surface area contributed by atoms with Gasteiger partial charge in [-0.2, -0.15) is 5.10 Å². The molecule has 0 aliphatic carbocycles. The summed E-state index contributed by atoms with van der Waals surface area (Å²) in [4.78, 5) is 11.9. The van der Waals surface area contributed by atoms with Crippen molar-refractivity contribution < 1.29 is 4.79 Å². The van der Waals surface area contributed by atoms with Crippen LogP contribution >= 0.6 is 12.4 Å². The van der Waals surface area contributed by atoms with Crippen molar-refractivity contribution in [3.05, 3.63) is 47.3 Å². The first-order valence-corrected chi connectivity index (χ1v) is 6.71. The Bertz CT molecular complexity index is 609. The first-order valence-electron chi connectivity index (χ1n) is 6.71. The average molecular weight is 309 g/mol. The molecular formula is C15H21ClN4O. The minimum atomic E-state index is -0.0920. The van der Waals surface area contributed by atoms with Gasteiger partial charge in [0, 0.05) is 30.0 Å². The summed E-state index contributed by atoms with van der Waals surface area (Å²) >= 11 is 0. The lowest BCUT2D eigenvalue weighted by atomic mass is 10.2. The Kier molecular flexibility index (Phi) is 6.24. The van der Waals surface area contributed by atoms with Crippen LogP contribution in [0.4, 0.5) is 5.69 Å². The van der Waals surface area contributed by atoms with Crippen molar-refractivity contribution in [1.82, 2.24) is 15.1 Å². The normalized spacial score (nSPS) is 10.0. The van der Waals surface area contributed by atoms with E-state index in [1.54, 1.807) is 24.3 Å². The number of nitrogens with zero attached hydrogens (tertiary/aromatic N) is 2. The zero-order valence-electron chi connectivity index (χ0n) is 12.3. The van der Waals surface area contributed by atoms with Gasteiger partial charge in [-0.15, -0.1) is 12.4 Å². The van der Waals surface area contributed by atoms with Crippen LogP contribution in [-0.2, 0) is 6.54 Å². The number of aromatic nitrogens is 2. The van der Waals surface area contributed by atoms with Gasteiger partial charge in [0.15, 0.2) is 0 Å². The number of hydrogen-bond acceptors (Lipinski definition) is 3. The van der Waals surface area contributed by atoms with Crippen molar-refractivity contribution in [2.24, 2.45) is 0 Å². The van der Waals surface area contributed by atoms with Gasteiger partial charge in [-0.1, -0.05) is 6.07 Å². The van der Waals surface area contributed by atoms with Crippen molar-refractivity contribution in [1.29, 1.82) is 0 Å². The van der Waals surface area contributed by atoms with Crippen LogP contribution in [-0.4, -0.2) is 22.2 Å². The Morgan fingerprint density at radius 2 is 2.10 bits per heavy atom. The van der Waals surface area contributed by atoms with E-state index in [2.05, 4.69) is 10.4 Å². The van der Waals surface area contributed by atoms with E-state index in [0.717, 1.165) is 24.4 Å². The number of aryl methyl sites for hydroxylation is 3. The molecule has 1 heterocycles. The summed E-state index contributed by atoms with van der Waals surface area (Å²) in [5.74, 6) is -0.0920. The Morgan fingerprint density at radius 3 is 2.71 bits per heavy atom. The number of carbonyl (C=O) groups is 1. The Hall–Kier alpha value is -2.01. The second kappa shape index (κ2) is 7.69. The van der Waals surface area contributed by atoms with Gasteiger partial charge in [-0.25, -0.2) is 0 Å². The maximum Gasteiger partial charge on any atom is 0.251 e. The van der Waals surface area contributed by atoms with Crippen LogP contribution in [0.2, 0.25) is 0 Å². The number of benzene rings is 1. The molecule has 0 radical (unpaired) electrons. The van der Waals surface area contributed by atoms with Gasteiger partial charge >= 0.3 is 0 Å². The quantitative estimate of drug-likeness (QED) is 0.657. The highest BCUT2D eigenvalue weighted by atomic mass is 35.5. The maximum atomic E-state index is 11.9. The highest BCUT2D eigenvalue weighted by Gasteiger charge is 2.05. The summed E-state index contributed by atoms with van der Waals surface area (Å²) in [6, 6.07) is 9.02. The van der Waals surface area contributed by atoms with Crippen LogP contribution in [0.5, 0.6) is 0 Å². The van der Waals surface area contributed by atoms with E-state index in [9.17, 15) is 4.79 Å². The van der Waals surface area contributed by atoms with Crippen molar-refractivity contribution in [3.8, 4) is 0 Å². The van der Waals surface area contributed by atoms with Gasteiger partial charge in [0.05, 0.1) is 5.69 Å². The smallest absolute Gasteiger partial charge is 0.251 e. The second-order valence-corrected chi connectivity index (χ2v) is 4.89. The Morgan fingerprint density at radius 1 is 1.33 bits per heavy atom. The molecule has 1 amide bonds. The molecule has 5 nitrogen and oxygen atoms in total. The number of rotatable bonds is 5. The topological polar surface area (TPSA) is 72.9 Å². The van der Waals surface area contributed by atoms with Gasteiger partial charge < -0.3 is 11.1 Å². The summed E-state index contributed by atoms with van der Waals surface area (Å²) < 4.78 is 1.96. The van der Waals surface area contributed by atoms with E-state index in [0.29, 0.717) is 17.8 Å². The first kappa shape index (κ1) is 17.0. The van der Waals surface area contributed by atoms with Crippen LogP contribution in [0.25, 0.3) is 0 Å². The lowest BCUT2D eigenvalue weighted by molar-refractivity contribution is 0.0952. The largest absolute Gasteiger partial charge is 0.399 e. The summed E-state index contributed by atoms with van der Waals surface area (Å²) in [7, 11) is 0. The fourth-order valence-corrected chi connectivity index (χ4v) is 2.11. The number of amides is 1. The zero-order valence-corrected chi connectivity index (χ0v) is 13.1. The average Bonchev–Trinajstić information content (AvgIpc) is 2.73. The third kappa shape index (κ3) is 4.79. The van der Waals surface area contributed by atoms with Gasteiger partial charge in [0.1, 0.15) is 0 Å².